The minimum Gasteiger partial charge on any atom is -0.493 e. The van der Waals surface area contributed by atoms with Gasteiger partial charge in [-0.15, -0.1) is 0 Å². The summed E-state index contributed by atoms with van der Waals surface area (Å²) in [5.74, 6) is 2.18. The van der Waals surface area contributed by atoms with E-state index in [0.717, 1.165) is 39.0 Å². The van der Waals surface area contributed by atoms with E-state index in [2.05, 4.69) is 9.80 Å². The molecule has 0 amide bonds. The molecule has 0 aromatic heterocycles. The molecule has 2 aliphatic heterocycles. The van der Waals surface area contributed by atoms with Gasteiger partial charge in [0.2, 0.25) is 0 Å². The van der Waals surface area contributed by atoms with Gasteiger partial charge in [-0.25, -0.2) is 0 Å². The van der Waals surface area contributed by atoms with E-state index in [1.807, 2.05) is 6.07 Å². The Kier molecular flexibility index (Phi) is 11.2. The Morgan fingerprint density at radius 3 is 1.82 bits per heavy atom. The Balaban J connectivity index is 0.000000212. The molecule has 2 saturated heterocycles. The van der Waals surface area contributed by atoms with Crippen LogP contribution < -0.4 is 24.7 Å². The van der Waals surface area contributed by atoms with E-state index >= 15 is 0 Å². The number of aliphatic hydroxyl groups is 2. The lowest BCUT2D eigenvalue weighted by atomic mass is 10.3. The van der Waals surface area contributed by atoms with Crippen molar-refractivity contribution < 1.29 is 34.1 Å². The van der Waals surface area contributed by atoms with E-state index in [4.69, 9.17) is 24.7 Å². The van der Waals surface area contributed by atoms with Gasteiger partial charge in [-0.2, -0.15) is 0 Å². The summed E-state index contributed by atoms with van der Waals surface area (Å²) in [7, 11) is 3.04. The largest absolute Gasteiger partial charge is 0.493 e. The zero-order chi connectivity index (χ0) is 27.5. The van der Waals surface area contributed by atoms with Gasteiger partial charge in [0.05, 0.1) is 37.4 Å². The van der Waals surface area contributed by atoms with E-state index in [1.165, 1.54) is 25.3 Å². The number of nitrogen functional groups attached to an aromatic ring is 1. The molecule has 12 heteroatoms. The molecule has 2 aromatic rings. The lowest BCUT2D eigenvalue weighted by molar-refractivity contribution is -0.385. The zero-order valence-corrected chi connectivity index (χ0v) is 22.0. The fourth-order valence-corrected chi connectivity index (χ4v) is 4.29. The second-order valence-electron chi connectivity index (χ2n) is 9.19. The molecule has 0 saturated carbocycles. The maximum atomic E-state index is 10.7. The summed E-state index contributed by atoms with van der Waals surface area (Å²) in [6.07, 6.45) is 1.21. The van der Waals surface area contributed by atoms with E-state index < -0.39 is 4.92 Å². The quantitative estimate of drug-likeness (QED) is 0.220. The number of hydrogen-bond acceptors (Lipinski definition) is 11. The number of nitro groups is 1. The van der Waals surface area contributed by atoms with Crippen molar-refractivity contribution in [1.82, 2.24) is 9.80 Å². The van der Waals surface area contributed by atoms with Crippen molar-refractivity contribution in [3.63, 3.8) is 0 Å². The van der Waals surface area contributed by atoms with Crippen LogP contribution in [-0.4, -0.2) is 104 Å². The van der Waals surface area contributed by atoms with Gasteiger partial charge in [0.1, 0.15) is 13.2 Å². The van der Waals surface area contributed by atoms with E-state index in [1.54, 1.807) is 19.2 Å². The third kappa shape index (κ3) is 8.91. The van der Waals surface area contributed by atoms with E-state index in [0.29, 0.717) is 55.0 Å². The van der Waals surface area contributed by atoms with Crippen LogP contribution >= 0.6 is 0 Å². The maximum Gasteiger partial charge on any atom is 0.273 e. The molecule has 4 N–H and O–H groups in total. The second-order valence-corrected chi connectivity index (χ2v) is 9.19. The van der Waals surface area contributed by atoms with Crippen LogP contribution in [-0.2, 0) is 0 Å². The van der Waals surface area contributed by atoms with Crippen LogP contribution in [0.4, 0.5) is 11.4 Å². The summed E-state index contributed by atoms with van der Waals surface area (Å²) in [4.78, 5) is 14.5. The van der Waals surface area contributed by atoms with Crippen molar-refractivity contribution in [1.29, 1.82) is 0 Å². The number of nitrogens with two attached hydrogens (primary N) is 1. The minimum absolute atomic E-state index is 0.0307. The highest BCUT2D eigenvalue weighted by Gasteiger charge is 2.21. The van der Waals surface area contributed by atoms with Gasteiger partial charge in [-0.05, 0) is 31.0 Å². The van der Waals surface area contributed by atoms with Gasteiger partial charge in [0.25, 0.3) is 5.69 Å². The third-order valence-electron chi connectivity index (χ3n) is 6.37. The molecular formula is C26H38N4O8. The third-order valence-corrected chi connectivity index (χ3v) is 6.37. The first-order chi connectivity index (χ1) is 18.3. The first-order valence-electron chi connectivity index (χ1n) is 12.6. The van der Waals surface area contributed by atoms with Crippen molar-refractivity contribution in [2.45, 2.75) is 25.0 Å². The van der Waals surface area contributed by atoms with Crippen molar-refractivity contribution >= 4 is 11.4 Å². The van der Waals surface area contributed by atoms with Crippen molar-refractivity contribution in [3.05, 3.63) is 46.5 Å². The predicted molar refractivity (Wildman–Crippen MR) is 142 cm³/mol. The highest BCUT2D eigenvalue weighted by Crippen LogP contribution is 2.31. The number of β-amino-alcohol motifs (C(OH)–C–C–N with tert-alkyl or cyclic N) is 2. The normalized spacial score (nSPS) is 19.5. The van der Waals surface area contributed by atoms with Crippen LogP contribution in [0.3, 0.4) is 0 Å². The zero-order valence-electron chi connectivity index (χ0n) is 22.0. The fourth-order valence-electron chi connectivity index (χ4n) is 4.29. The number of aliphatic hydroxyl groups excluding tert-OH is 2. The molecule has 2 heterocycles. The monoisotopic (exact) mass is 534 g/mol. The van der Waals surface area contributed by atoms with Gasteiger partial charge in [-0.1, -0.05) is 0 Å². The molecule has 2 atom stereocenters. The van der Waals surface area contributed by atoms with Crippen molar-refractivity contribution in [2.75, 3.05) is 72.4 Å². The average molecular weight is 535 g/mol. The number of likely N-dealkylation sites (tertiary alicyclic amines) is 2. The lowest BCUT2D eigenvalue weighted by Crippen LogP contribution is -2.27. The first kappa shape index (κ1) is 29.2. The fraction of sp³-hybridized carbons (Fsp3) is 0.538. The summed E-state index contributed by atoms with van der Waals surface area (Å²) in [5, 5.41) is 29.5. The molecule has 0 spiro atoms. The Morgan fingerprint density at radius 2 is 1.37 bits per heavy atom. The number of anilines is 1. The number of rotatable bonds is 11. The number of nitro benzene ring substituents is 1. The molecular weight excluding hydrogens is 496 g/mol. The summed E-state index contributed by atoms with van der Waals surface area (Å²) >= 11 is 0. The Morgan fingerprint density at radius 1 is 0.868 bits per heavy atom. The van der Waals surface area contributed by atoms with Crippen LogP contribution in [0.15, 0.2) is 36.4 Å². The summed E-state index contributed by atoms with van der Waals surface area (Å²) in [5.41, 5.74) is 6.30. The predicted octanol–water partition coefficient (Wildman–Crippen LogP) is 1.77. The summed E-state index contributed by atoms with van der Waals surface area (Å²) in [6.45, 7) is 5.74. The molecule has 38 heavy (non-hydrogen) atoms. The van der Waals surface area contributed by atoms with Crippen LogP contribution in [0.1, 0.15) is 12.8 Å². The van der Waals surface area contributed by atoms with Crippen LogP contribution in [0.2, 0.25) is 0 Å². The topological polar surface area (TPSA) is 153 Å². The SMILES string of the molecule is COc1cc(N)ccc1OCCN1CCC(O)C1.COc1cc([N+](=O)[O-])ccc1OCCN1CCC(O)C1. The Bertz CT molecular complexity index is 1040. The Labute approximate surface area is 222 Å². The molecule has 0 bridgehead atoms. The first-order valence-corrected chi connectivity index (χ1v) is 12.6. The standard InChI is InChI=1S/C13H18N2O5.C13H20N2O3/c1-19-13-8-10(15(17)18)2-3-12(13)20-7-6-14-5-4-11(16)9-14;1-17-13-8-10(14)2-3-12(13)18-7-6-15-5-4-11(16)9-15/h2-3,8,11,16H,4-7,9H2,1H3;2-3,8,11,16H,4-7,9,14H2,1H3. The van der Waals surface area contributed by atoms with Crippen molar-refractivity contribution in [2.24, 2.45) is 0 Å². The smallest absolute Gasteiger partial charge is 0.273 e. The number of hydrogen-bond donors (Lipinski definition) is 3. The highest BCUT2D eigenvalue weighted by atomic mass is 16.6. The van der Waals surface area contributed by atoms with Crippen LogP contribution in [0, 0.1) is 10.1 Å². The van der Waals surface area contributed by atoms with Gasteiger partial charge < -0.3 is 34.9 Å². The lowest BCUT2D eigenvalue weighted by Gasteiger charge is -2.16. The van der Waals surface area contributed by atoms with Gasteiger partial charge in [0, 0.05) is 57.1 Å². The molecule has 2 fully saturated rings. The van der Waals surface area contributed by atoms with E-state index in [-0.39, 0.29) is 17.9 Å². The van der Waals surface area contributed by atoms with Gasteiger partial charge in [0.15, 0.2) is 23.0 Å². The molecule has 0 aliphatic carbocycles. The maximum absolute atomic E-state index is 10.7. The molecule has 2 aliphatic rings. The number of benzene rings is 2. The minimum atomic E-state index is -0.474. The summed E-state index contributed by atoms with van der Waals surface area (Å²) in [6, 6.07) is 9.61. The molecule has 2 unspecified atom stereocenters. The molecule has 0 radical (unpaired) electrons. The average Bonchev–Trinajstić information content (AvgIpc) is 3.52. The van der Waals surface area contributed by atoms with Gasteiger partial charge >= 0.3 is 0 Å². The molecule has 4 rings (SSSR count). The molecule has 12 nitrogen and oxygen atoms in total. The number of non-ortho nitro benzene ring substituents is 1. The highest BCUT2D eigenvalue weighted by molar-refractivity contribution is 5.52. The van der Waals surface area contributed by atoms with Crippen molar-refractivity contribution in [3.8, 4) is 23.0 Å². The number of nitrogens with zero attached hydrogens (tertiary/aromatic N) is 3. The van der Waals surface area contributed by atoms with E-state index in [9.17, 15) is 20.3 Å². The Hall–Kier alpha value is -3.32. The van der Waals surface area contributed by atoms with Crippen LogP contribution in [0.25, 0.3) is 0 Å². The number of methoxy groups -OCH3 is 2. The number of ether oxygens (including phenoxy) is 4. The van der Waals surface area contributed by atoms with Crippen LogP contribution in [0.5, 0.6) is 23.0 Å². The second kappa shape index (κ2) is 14.6. The van der Waals surface area contributed by atoms with Gasteiger partial charge in [-0.3, -0.25) is 19.9 Å². The summed E-state index contributed by atoms with van der Waals surface area (Å²) < 4.78 is 21.6. The molecule has 2 aromatic carbocycles. The molecule has 210 valence electrons.